The van der Waals surface area contributed by atoms with Crippen LogP contribution in [0.25, 0.3) is 0 Å². The van der Waals surface area contributed by atoms with Gasteiger partial charge in [0.15, 0.2) is 0 Å². The molecular weight excluding hydrogens is 280 g/mol. The van der Waals surface area contributed by atoms with Gasteiger partial charge in [0.05, 0.1) is 0 Å². The summed E-state index contributed by atoms with van der Waals surface area (Å²) in [7, 11) is 0. The number of hydrogen-bond acceptors (Lipinski definition) is 2. The first kappa shape index (κ1) is 12.6. The van der Waals surface area contributed by atoms with Gasteiger partial charge in [0.25, 0.3) is 5.91 Å². The number of amides is 1. The van der Waals surface area contributed by atoms with Gasteiger partial charge in [-0.1, -0.05) is 22.0 Å². The van der Waals surface area contributed by atoms with Crippen LogP contribution in [0.1, 0.15) is 28.8 Å². The fourth-order valence-corrected chi connectivity index (χ4v) is 2.12. The van der Waals surface area contributed by atoms with Gasteiger partial charge in [-0.15, -0.1) is 0 Å². The van der Waals surface area contributed by atoms with E-state index >= 15 is 0 Å². The maximum absolute atomic E-state index is 11.9. The standard InChI is InChI=1S/C13H17BrN2O/c1-8-2-3-10(6-11(8)14)13(17)16-7-12(15)9-4-5-9/h2-3,6,9,12H,4-5,7,15H2,1H3,(H,16,17). The molecule has 1 aromatic carbocycles. The molecule has 0 bridgehead atoms. The van der Waals surface area contributed by atoms with E-state index in [9.17, 15) is 4.79 Å². The van der Waals surface area contributed by atoms with Crippen molar-refractivity contribution in [1.82, 2.24) is 5.32 Å². The minimum Gasteiger partial charge on any atom is -0.350 e. The Morgan fingerprint density at radius 3 is 2.88 bits per heavy atom. The topological polar surface area (TPSA) is 55.1 Å². The van der Waals surface area contributed by atoms with Gasteiger partial charge in [-0.25, -0.2) is 0 Å². The van der Waals surface area contributed by atoms with E-state index in [0.717, 1.165) is 10.0 Å². The molecule has 1 saturated carbocycles. The Morgan fingerprint density at radius 1 is 1.59 bits per heavy atom. The summed E-state index contributed by atoms with van der Waals surface area (Å²) in [4.78, 5) is 11.9. The number of aryl methyl sites for hydroxylation is 1. The van der Waals surface area contributed by atoms with Gasteiger partial charge in [0.2, 0.25) is 0 Å². The third-order valence-electron chi connectivity index (χ3n) is 3.16. The third kappa shape index (κ3) is 3.30. The van der Waals surface area contributed by atoms with Crippen LogP contribution in [-0.2, 0) is 0 Å². The van der Waals surface area contributed by atoms with E-state index in [4.69, 9.17) is 5.73 Å². The van der Waals surface area contributed by atoms with E-state index in [1.165, 1.54) is 12.8 Å². The number of nitrogens with one attached hydrogen (secondary N) is 1. The normalized spacial score (nSPS) is 16.6. The van der Waals surface area contributed by atoms with Crippen molar-refractivity contribution < 1.29 is 4.79 Å². The van der Waals surface area contributed by atoms with Crippen LogP contribution in [0.2, 0.25) is 0 Å². The van der Waals surface area contributed by atoms with Crippen LogP contribution in [-0.4, -0.2) is 18.5 Å². The number of halogens is 1. The summed E-state index contributed by atoms with van der Waals surface area (Å²) in [5.41, 5.74) is 7.73. The number of hydrogen-bond donors (Lipinski definition) is 2. The molecule has 1 fully saturated rings. The lowest BCUT2D eigenvalue weighted by Gasteiger charge is -2.12. The summed E-state index contributed by atoms with van der Waals surface area (Å²) in [6.45, 7) is 2.56. The Bertz CT molecular complexity index is 429. The number of rotatable bonds is 4. The molecule has 0 heterocycles. The highest BCUT2D eigenvalue weighted by molar-refractivity contribution is 9.10. The third-order valence-corrected chi connectivity index (χ3v) is 4.01. The lowest BCUT2D eigenvalue weighted by Crippen LogP contribution is -2.38. The number of carbonyl (C=O) groups is 1. The van der Waals surface area contributed by atoms with Gasteiger partial charge in [-0.05, 0) is 43.4 Å². The molecule has 1 unspecified atom stereocenters. The first-order valence-electron chi connectivity index (χ1n) is 5.88. The molecule has 0 aromatic heterocycles. The van der Waals surface area contributed by atoms with Crippen LogP contribution in [0.15, 0.2) is 22.7 Å². The highest BCUT2D eigenvalue weighted by Crippen LogP contribution is 2.31. The van der Waals surface area contributed by atoms with Gasteiger partial charge in [-0.3, -0.25) is 4.79 Å². The molecule has 1 aromatic rings. The molecule has 1 aliphatic carbocycles. The molecule has 0 spiro atoms. The minimum atomic E-state index is -0.0539. The average Bonchev–Trinajstić information content (AvgIpc) is 3.13. The van der Waals surface area contributed by atoms with Crippen LogP contribution in [0.3, 0.4) is 0 Å². The smallest absolute Gasteiger partial charge is 0.251 e. The zero-order chi connectivity index (χ0) is 12.4. The lowest BCUT2D eigenvalue weighted by atomic mass is 10.1. The molecular formula is C13H17BrN2O. The molecule has 3 nitrogen and oxygen atoms in total. The monoisotopic (exact) mass is 296 g/mol. The highest BCUT2D eigenvalue weighted by Gasteiger charge is 2.28. The highest BCUT2D eigenvalue weighted by atomic mass is 79.9. The van der Waals surface area contributed by atoms with Crippen molar-refractivity contribution in [2.75, 3.05) is 6.54 Å². The van der Waals surface area contributed by atoms with Crippen LogP contribution in [0.5, 0.6) is 0 Å². The van der Waals surface area contributed by atoms with Crippen molar-refractivity contribution in [3.05, 3.63) is 33.8 Å². The van der Waals surface area contributed by atoms with Gasteiger partial charge in [0, 0.05) is 22.6 Å². The minimum absolute atomic E-state index is 0.0539. The van der Waals surface area contributed by atoms with E-state index in [1.807, 2.05) is 25.1 Å². The van der Waals surface area contributed by atoms with Crippen molar-refractivity contribution in [1.29, 1.82) is 0 Å². The summed E-state index contributed by atoms with van der Waals surface area (Å²) >= 11 is 3.42. The second-order valence-corrected chi connectivity index (χ2v) is 5.53. The largest absolute Gasteiger partial charge is 0.350 e. The maximum atomic E-state index is 11.9. The van der Waals surface area contributed by atoms with Crippen molar-refractivity contribution >= 4 is 21.8 Å². The number of benzene rings is 1. The Morgan fingerprint density at radius 2 is 2.29 bits per heavy atom. The molecule has 1 aliphatic rings. The summed E-state index contributed by atoms with van der Waals surface area (Å²) in [6, 6.07) is 5.71. The van der Waals surface area contributed by atoms with Crippen molar-refractivity contribution in [3.63, 3.8) is 0 Å². The second kappa shape index (κ2) is 5.19. The van der Waals surface area contributed by atoms with Gasteiger partial charge in [-0.2, -0.15) is 0 Å². The molecule has 1 atom stereocenters. The lowest BCUT2D eigenvalue weighted by molar-refractivity contribution is 0.0950. The first-order chi connectivity index (χ1) is 8.08. The van der Waals surface area contributed by atoms with E-state index in [1.54, 1.807) is 0 Å². The fraction of sp³-hybridized carbons (Fsp3) is 0.462. The summed E-state index contributed by atoms with van der Waals surface area (Å²) < 4.78 is 0.955. The zero-order valence-electron chi connectivity index (χ0n) is 9.87. The molecule has 2 rings (SSSR count). The summed E-state index contributed by atoms with van der Waals surface area (Å²) in [6.07, 6.45) is 2.40. The maximum Gasteiger partial charge on any atom is 0.251 e. The molecule has 17 heavy (non-hydrogen) atoms. The second-order valence-electron chi connectivity index (χ2n) is 4.68. The molecule has 1 amide bonds. The van der Waals surface area contributed by atoms with E-state index in [0.29, 0.717) is 18.0 Å². The molecule has 92 valence electrons. The van der Waals surface area contributed by atoms with Gasteiger partial charge >= 0.3 is 0 Å². The van der Waals surface area contributed by atoms with Crippen LogP contribution in [0.4, 0.5) is 0 Å². The first-order valence-corrected chi connectivity index (χ1v) is 6.67. The number of nitrogens with two attached hydrogens (primary N) is 1. The molecule has 4 heteroatoms. The predicted molar refractivity (Wildman–Crippen MR) is 71.9 cm³/mol. The molecule has 0 saturated heterocycles. The van der Waals surface area contributed by atoms with Crippen molar-refractivity contribution in [2.24, 2.45) is 11.7 Å². The van der Waals surface area contributed by atoms with E-state index in [2.05, 4.69) is 21.2 Å². The van der Waals surface area contributed by atoms with Crippen LogP contribution in [0, 0.1) is 12.8 Å². The quantitative estimate of drug-likeness (QED) is 0.895. The Hall–Kier alpha value is -0.870. The van der Waals surface area contributed by atoms with Crippen LogP contribution >= 0.6 is 15.9 Å². The van der Waals surface area contributed by atoms with Crippen molar-refractivity contribution in [3.8, 4) is 0 Å². The Labute approximate surface area is 110 Å². The fourth-order valence-electron chi connectivity index (χ4n) is 1.74. The predicted octanol–water partition coefficient (Wildman–Crippen LogP) is 2.22. The SMILES string of the molecule is Cc1ccc(C(=O)NCC(N)C2CC2)cc1Br. The van der Waals surface area contributed by atoms with E-state index in [-0.39, 0.29) is 11.9 Å². The Kier molecular flexibility index (Phi) is 3.84. The zero-order valence-corrected chi connectivity index (χ0v) is 11.5. The van der Waals surface area contributed by atoms with Crippen LogP contribution < -0.4 is 11.1 Å². The summed E-state index contributed by atoms with van der Waals surface area (Å²) in [5, 5.41) is 2.88. The number of carbonyl (C=O) groups excluding carboxylic acids is 1. The van der Waals surface area contributed by atoms with Crippen molar-refractivity contribution in [2.45, 2.75) is 25.8 Å². The van der Waals surface area contributed by atoms with Gasteiger partial charge < -0.3 is 11.1 Å². The van der Waals surface area contributed by atoms with E-state index < -0.39 is 0 Å². The molecule has 3 N–H and O–H groups in total. The summed E-state index contributed by atoms with van der Waals surface area (Å²) in [5.74, 6) is 0.557. The van der Waals surface area contributed by atoms with Gasteiger partial charge in [0.1, 0.15) is 0 Å². The average molecular weight is 297 g/mol. The molecule has 0 radical (unpaired) electrons. The molecule has 0 aliphatic heterocycles. The Balaban J connectivity index is 1.92.